The maximum Gasteiger partial charge on any atom is 0.272 e. The van der Waals surface area contributed by atoms with E-state index in [0.29, 0.717) is 29.5 Å². The summed E-state index contributed by atoms with van der Waals surface area (Å²) in [5.41, 5.74) is 4.36. The second-order valence-electron chi connectivity index (χ2n) is 6.83. The van der Waals surface area contributed by atoms with Crippen molar-refractivity contribution in [2.75, 3.05) is 20.5 Å². The van der Waals surface area contributed by atoms with Gasteiger partial charge in [0, 0.05) is 19.7 Å². The van der Waals surface area contributed by atoms with Gasteiger partial charge in [-0.2, -0.15) is 4.99 Å². The topological polar surface area (TPSA) is 62.1 Å². The minimum Gasteiger partial charge on any atom is -0.454 e. The third-order valence-corrected chi connectivity index (χ3v) is 5.88. The number of amides is 1. The van der Waals surface area contributed by atoms with E-state index < -0.39 is 0 Å². The molecule has 0 bridgehead atoms. The average molecular weight is 410 g/mol. The smallest absolute Gasteiger partial charge is 0.272 e. The SMILES string of the molecule is COCCn1c(=NC(=O)/C=C/c2ccc3c(c2)OCO3)sc2cc(C)c(C)cc21. The first kappa shape index (κ1) is 19.4. The summed E-state index contributed by atoms with van der Waals surface area (Å²) < 4.78 is 19.1. The number of rotatable bonds is 5. The summed E-state index contributed by atoms with van der Waals surface area (Å²) in [6, 6.07) is 9.84. The highest BCUT2D eigenvalue weighted by atomic mass is 32.1. The third kappa shape index (κ3) is 4.11. The van der Waals surface area contributed by atoms with Gasteiger partial charge in [0.2, 0.25) is 6.79 Å². The molecular formula is C22H22N2O4S. The molecule has 0 saturated carbocycles. The Morgan fingerprint density at radius 3 is 2.83 bits per heavy atom. The zero-order valence-corrected chi connectivity index (χ0v) is 17.4. The van der Waals surface area contributed by atoms with Crippen molar-refractivity contribution in [1.82, 2.24) is 4.57 Å². The quantitative estimate of drug-likeness (QED) is 0.600. The highest BCUT2D eigenvalue weighted by Gasteiger charge is 2.12. The summed E-state index contributed by atoms with van der Waals surface area (Å²) >= 11 is 1.51. The highest BCUT2D eigenvalue weighted by molar-refractivity contribution is 7.16. The number of ether oxygens (including phenoxy) is 3. The maximum absolute atomic E-state index is 12.5. The molecule has 1 aliphatic rings. The van der Waals surface area contributed by atoms with Crippen LogP contribution in [0.2, 0.25) is 0 Å². The number of carbonyl (C=O) groups is 1. The van der Waals surface area contributed by atoms with Gasteiger partial charge < -0.3 is 18.8 Å². The van der Waals surface area contributed by atoms with Crippen molar-refractivity contribution in [3.8, 4) is 11.5 Å². The van der Waals surface area contributed by atoms with Crippen LogP contribution < -0.4 is 14.3 Å². The molecule has 2 heterocycles. The fourth-order valence-electron chi connectivity index (χ4n) is 3.12. The molecule has 0 fully saturated rings. The Hall–Kier alpha value is -2.90. The molecule has 0 unspecified atom stereocenters. The van der Waals surface area contributed by atoms with E-state index in [0.717, 1.165) is 15.8 Å². The Bertz CT molecular complexity index is 1170. The number of methoxy groups -OCH3 is 1. The van der Waals surface area contributed by atoms with Crippen molar-refractivity contribution in [2.24, 2.45) is 4.99 Å². The molecular weight excluding hydrogens is 388 g/mol. The van der Waals surface area contributed by atoms with Crippen LogP contribution in [0.4, 0.5) is 0 Å². The Balaban J connectivity index is 1.66. The lowest BCUT2D eigenvalue weighted by Crippen LogP contribution is -2.19. The summed E-state index contributed by atoms with van der Waals surface area (Å²) in [6.45, 7) is 5.58. The molecule has 1 aliphatic heterocycles. The first-order valence-electron chi connectivity index (χ1n) is 9.31. The normalized spacial score (nSPS) is 13.7. The summed E-state index contributed by atoms with van der Waals surface area (Å²) in [7, 11) is 1.67. The monoisotopic (exact) mass is 410 g/mol. The lowest BCUT2D eigenvalue weighted by Gasteiger charge is -2.06. The number of carbonyl (C=O) groups excluding carboxylic acids is 1. The minimum absolute atomic E-state index is 0.225. The Morgan fingerprint density at radius 2 is 2.00 bits per heavy atom. The van der Waals surface area contributed by atoms with Gasteiger partial charge in [0.25, 0.3) is 5.91 Å². The second kappa shape index (κ2) is 8.23. The molecule has 0 aliphatic carbocycles. The van der Waals surface area contributed by atoms with Crippen LogP contribution in [-0.2, 0) is 16.1 Å². The lowest BCUT2D eigenvalue weighted by molar-refractivity contribution is -0.113. The molecule has 6 nitrogen and oxygen atoms in total. The standard InChI is InChI=1S/C22H22N2O4S/c1-14-10-17-20(11-15(14)2)29-22(24(17)8-9-26-3)23-21(25)7-5-16-4-6-18-19(12-16)28-13-27-18/h4-7,10-12H,8-9,13H2,1-3H3/b7-5+,23-22?. The molecule has 29 heavy (non-hydrogen) atoms. The molecule has 4 rings (SSSR count). The van der Waals surface area contributed by atoms with Gasteiger partial charge in [-0.3, -0.25) is 4.79 Å². The fraction of sp³-hybridized carbons (Fsp3) is 0.273. The summed E-state index contributed by atoms with van der Waals surface area (Å²) in [5.74, 6) is 1.09. The summed E-state index contributed by atoms with van der Waals surface area (Å²) in [6.07, 6.45) is 3.20. The van der Waals surface area contributed by atoms with Gasteiger partial charge in [-0.05, 0) is 60.9 Å². The van der Waals surface area contributed by atoms with Crippen molar-refractivity contribution < 1.29 is 19.0 Å². The number of fused-ring (bicyclic) bond motifs is 2. The average Bonchev–Trinajstić information content (AvgIpc) is 3.29. The van der Waals surface area contributed by atoms with Crippen molar-refractivity contribution in [3.63, 3.8) is 0 Å². The number of aromatic nitrogens is 1. The third-order valence-electron chi connectivity index (χ3n) is 4.84. The van der Waals surface area contributed by atoms with E-state index in [-0.39, 0.29) is 12.7 Å². The van der Waals surface area contributed by atoms with Crippen LogP contribution in [0.25, 0.3) is 16.3 Å². The predicted octanol–water partition coefficient (Wildman–Crippen LogP) is 3.84. The number of hydrogen-bond donors (Lipinski definition) is 0. The highest BCUT2D eigenvalue weighted by Crippen LogP contribution is 2.32. The Morgan fingerprint density at radius 1 is 1.21 bits per heavy atom. The van der Waals surface area contributed by atoms with Crippen LogP contribution >= 0.6 is 11.3 Å². The van der Waals surface area contributed by atoms with E-state index in [9.17, 15) is 4.79 Å². The van der Waals surface area contributed by atoms with Crippen LogP contribution in [0.5, 0.6) is 11.5 Å². The zero-order chi connectivity index (χ0) is 20.4. The van der Waals surface area contributed by atoms with Crippen LogP contribution in [0.1, 0.15) is 16.7 Å². The van der Waals surface area contributed by atoms with Crippen molar-refractivity contribution in [1.29, 1.82) is 0 Å². The molecule has 0 atom stereocenters. The number of thiazole rings is 1. The first-order chi connectivity index (χ1) is 14.0. The van der Waals surface area contributed by atoms with Gasteiger partial charge in [-0.1, -0.05) is 17.4 Å². The van der Waals surface area contributed by atoms with Gasteiger partial charge in [0.15, 0.2) is 16.3 Å². The van der Waals surface area contributed by atoms with Gasteiger partial charge in [-0.15, -0.1) is 0 Å². The number of aryl methyl sites for hydroxylation is 2. The van der Waals surface area contributed by atoms with E-state index in [1.165, 1.54) is 28.5 Å². The van der Waals surface area contributed by atoms with Gasteiger partial charge in [0.1, 0.15) is 0 Å². The number of nitrogens with zero attached hydrogens (tertiary/aromatic N) is 2. The molecule has 2 aromatic carbocycles. The van der Waals surface area contributed by atoms with Crippen molar-refractivity contribution >= 4 is 33.5 Å². The van der Waals surface area contributed by atoms with Crippen LogP contribution in [-0.4, -0.2) is 31.0 Å². The maximum atomic E-state index is 12.5. The number of hydrogen-bond acceptors (Lipinski definition) is 5. The summed E-state index contributed by atoms with van der Waals surface area (Å²) in [4.78, 5) is 17.5. The van der Waals surface area contributed by atoms with Gasteiger partial charge in [-0.25, -0.2) is 0 Å². The van der Waals surface area contributed by atoms with Gasteiger partial charge >= 0.3 is 0 Å². The fourth-order valence-corrected chi connectivity index (χ4v) is 4.26. The first-order valence-corrected chi connectivity index (χ1v) is 10.1. The van der Waals surface area contributed by atoms with E-state index >= 15 is 0 Å². The predicted molar refractivity (Wildman–Crippen MR) is 113 cm³/mol. The van der Waals surface area contributed by atoms with E-state index in [2.05, 4.69) is 31.0 Å². The zero-order valence-electron chi connectivity index (χ0n) is 16.6. The molecule has 0 spiro atoms. The van der Waals surface area contributed by atoms with Crippen LogP contribution in [0.15, 0.2) is 41.4 Å². The molecule has 150 valence electrons. The molecule has 3 aromatic rings. The van der Waals surface area contributed by atoms with E-state index in [1.807, 2.05) is 22.8 Å². The lowest BCUT2D eigenvalue weighted by atomic mass is 10.1. The van der Waals surface area contributed by atoms with Crippen molar-refractivity contribution in [2.45, 2.75) is 20.4 Å². The Labute approximate surface area is 172 Å². The molecule has 0 radical (unpaired) electrons. The van der Waals surface area contributed by atoms with Gasteiger partial charge in [0.05, 0.1) is 16.8 Å². The van der Waals surface area contributed by atoms with E-state index in [4.69, 9.17) is 14.2 Å². The second-order valence-corrected chi connectivity index (χ2v) is 7.84. The van der Waals surface area contributed by atoms with Crippen LogP contribution in [0.3, 0.4) is 0 Å². The molecule has 7 heteroatoms. The van der Waals surface area contributed by atoms with Crippen molar-refractivity contribution in [3.05, 3.63) is 57.9 Å². The van der Waals surface area contributed by atoms with Crippen LogP contribution in [0, 0.1) is 13.8 Å². The Kier molecular flexibility index (Phi) is 5.51. The molecule has 0 saturated heterocycles. The molecule has 1 amide bonds. The van der Waals surface area contributed by atoms with E-state index in [1.54, 1.807) is 13.2 Å². The largest absolute Gasteiger partial charge is 0.454 e. The minimum atomic E-state index is -0.311. The number of benzene rings is 2. The summed E-state index contributed by atoms with van der Waals surface area (Å²) in [5, 5.41) is 0. The molecule has 1 aromatic heterocycles. The molecule has 0 N–H and O–H groups in total.